The number of carbonyl (C=O) groups excluding carboxylic acids is 3. The molecular weight excluding hydrogens is 461 g/mol. The molecule has 1 aliphatic rings. The summed E-state index contributed by atoms with van der Waals surface area (Å²) in [5.74, 6) is -1.73. The Hall–Kier alpha value is -3.94. The molecule has 0 spiro atoms. The van der Waals surface area contributed by atoms with Gasteiger partial charge in [-0.25, -0.2) is 4.39 Å². The highest BCUT2D eigenvalue weighted by Crippen LogP contribution is 2.32. The molecule has 3 amide bonds. The first-order valence-electron chi connectivity index (χ1n) is 12.1. The van der Waals surface area contributed by atoms with E-state index in [1.54, 1.807) is 12.1 Å². The monoisotopic (exact) mass is 491 g/mol. The molecule has 36 heavy (non-hydrogen) atoms. The molecule has 0 aliphatic heterocycles. The molecule has 1 heterocycles. The van der Waals surface area contributed by atoms with Crippen molar-refractivity contribution in [3.05, 3.63) is 89.1 Å². The van der Waals surface area contributed by atoms with Crippen molar-refractivity contribution in [1.29, 1.82) is 0 Å². The average molecular weight is 492 g/mol. The molecule has 0 radical (unpaired) electrons. The molecule has 188 valence electrons. The number of aryl methyl sites for hydroxylation is 1. The normalized spacial score (nSPS) is 14.3. The zero-order valence-corrected chi connectivity index (χ0v) is 20.4. The Morgan fingerprint density at radius 1 is 1.03 bits per heavy atom. The zero-order valence-electron chi connectivity index (χ0n) is 20.4. The maximum atomic E-state index is 13.8. The van der Waals surface area contributed by atoms with Gasteiger partial charge < -0.3 is 15.1 Å². The number of anilines is 1. The average Bonchev–Trinajstić information content (AvgIpc) is 3.58. The van der Waals surface area contributed by atoms with Crippen LogP contribution in [-0.4, -0.2) is 30.3 Å². The van der Waals surface area contributed by atoms with E-state index >= 15 is 0 Å². The first-order valence-corrected chi connectivity index (χ1v) is 12.1. The summed E-state index contributed by atoms with van der Waals surface area (Å²) in [4.78, 5) is 41.3. The van der Waals surface area contributed by atoms with Crippen molar-refractivity contribution in [1.82, 2.24) is 10.6 Å². The van der Waals surface area contributed by atoms with Crippen molar-refractivity contribution < 1.29 is 23.2 Å². The van der Waals surface area contributed by atoms with Crippen molar-refractivity contribution in [2.45, 2.75) is 51.6 Å². The second-order valence-electron chi connectivity index (χ2n) is 9.09. The van der Waals surface area contributed by atoms with Crippen LogP contribution < -0.4 is 15.5 Å². The van der Waals surface area contributed by atoms with Gasteiger partial charge in [0.25, 0.3) is 5.91 Å². The number of halogens is 1. The van der Waals surface area contributed by atoms with Gasteiger partial charge in [-0.3, -0.25) is 19.3 Å². The summed E-state index contributed by atoms with van der Waals surface area (Å²) in [5, 5.41) is 5.67. The quantitative estimate of drug-likeness (QED) is 0.482. The molecule has 8 heteroatoms. The largest absolute Gasteiger partial charge is 0.459 e. The van der Waals surface area contributed by atoms with Crippen LogP contribution in [-0.2, 0) is 9.59 Å². The number of carbonyl (C=O) groups is 3. The third-order valence-electron chi connectivity index (χ3n) is 6.64. The Morgan fingerprint density at radius 3 is 2.42 bits per heavy atom. The van der Waals surface area contributed by atoms with E-state index in [0.717, 1.165) is 36.8 Å². The fourth-order valence-corrected chi connectivity index (χ4v) is 4.56. The number of hydrogen-bond acceptors (Lipinski definition) is 4. The van der Waals surface area contributed by atoms with Crippen molar-refractivity contribution >= 4 is 23.4 Å². The summed E-state index contributed by atoms with van der Waals surface area (Å²) < 4.78 is 18.9. The molecule has 1 atom stereocenters. The predicted molar refractivity (Wildman–Crippen MR) is 134 cm³/mol. The lowest BCUT2D eigenvalue weighted by atomic mass is 9.99. The molecule has 3 aromatic rings. The van der Waals surface area contributed by atoms with Crippen LogP contribution in [0.5, 0.6) is 0 Å². The standard InChI is InChI=1S/C28H30FN3O4/c1-18-7-5-10-23(19(18)2)32(25(33)17-30-27(34)24-11-6-16-36-24)26(20-12-14-21(29)15-13-20)28(35)31-22-8-3-4-9-22/h5-7,10-16,22,26H,3-4,8-9,17H2,1-2H3,(H,30,34)(H,31,35)/t26-/m0/s1. The van der Waals surface area contributed by atoms with Crippen LogP contribution in [0.4, 0.5) is 10.1 Å². The molecular formula is C28H30FN3O4. The van der Waals surface area contributed by atoms with Crippen molar-refractivity contribution in [3.8, 4) is 0 Å². The van der Waals surface area contributed by atoms with Gasteiger partial charge in [-0.1, -0.05) is 37.1 Å². The van der Waals surface area contributed by atoms with E-state index in [1.807, 2.05) is 26.0 Å². The third-order valence-corrected chi connectivity index (χ3v) is 6.64. The van der Waals surface area contributed by atoms with Gasteiger partial charge in [0, 0.05) is 11.7 Å². The number of nitrogens with zero attached hydrogens (tertiary/aromatic N) is 1. The van der Waals surface area contributed by atoms with Crippen LogP contribution in [0.3, 0.4) is 0 Å². The molecule has 1 fully saturated rings. The van der Waals surface area contributed by atoms with E-state index in [9.17, 15) is 18.8 Å². The van der Waals surface area contributed by atoms with E-state index in [2.05, 4.69) is 10.6 Å². The number of furan rings is 1. The molecule has 1 saturated carbocycles. The number of benzene rings is 2. The van der Waals surface area contributed by atoms with Gasteiger partial charge in [0.1, 0.15) is 11.9 Å². The number of amides is 3. The minimum absolute atomic E-state index is 0.0228. The molecule has 0 unspecified atom stereocenters. The van der Waals surface area contributed by atoms with Gasteiger partial charge in [0.2, 0.25) is 11.8 Å². The molecule has 0 saturated heterocycles. The summed E-state index contributed by atoms with van der Waals surface area (Å²) >= 11 is 0. The Balaban J connectivity index is 1.72. The molecule has 0 bridgehead atoms. The van der Waals surface area contributed by atoms with E-state index in [0.29, 0.717) is 11.3 Å². The highest BCUT2D eigenvalue weighted by Gasteiger charge is 2.35. The topological polar surface area (TPSA) is 91.7 Å². The van der Waals surface area contributed by atoms with Crippen molar-refractivity contribution in [2.75, 3.05) is 11.4 Å². The van der Waals surface area contributed by atoms with Crippen LogP contribution in [0, 0.1) is 19.7 Å². The van der Waals surface area contributed by atoms with E-state index in [4.69, 9.17) is 4.42 Å². The molecule has 2 aromatic carbocycles. The van der Waals surface area contributed by atoms with Crippen LogP contribution >= 0.6 is 0 Å². The second-order valence-corrected chi connectivity index (χ2v) is 9.09. The fraction of sp³-hybridized carbons (Fsp3) is 0.321. The lowest BCUT2D eigenvalue weighted by Gasteiger charge is -2.33. The Bertz CT molecular complexity index is 1220. The molecule has 7 nitrogen and oxygen atoms in total. The van der Waals surface area contributed by atoms with Gasteiger partial charge in [-0.15, -0.1) is 0 Å². The van der Waals surface area contributed by atoms with Crippen LogP contribution in [0.1, 0.15) is 59.0 Å². The van der Waals surface area contributed by atoms with Crippen molar-refractivity contribution in [3.63, 3.8) is 0 Å². The highest BCUT2D eigenvalue weighted by molar-refractivity contribution is 6.04. The number of hydrogen-bond donors (Lipinski definition) is 2. The van der Waals surface area contributed by atoms with Gasteiger partial charge >= 0.3 is 0 Å². The first kappa shape index (κ1) is 25.2. The lowest BCUT2D eigenvalue weighted by Crippen LogP contribution is -2.49. The van der Waals surface area contributed by atoms with Crippen LogP contribution in [0.25, 0.3) is 0 Å². The van der Waals surface area contributed by atoms with Gasteiger partial charge in [-0.2, -0.15) is 0 Å². The van der Waals surface area contributed by atoms with Gasteiger partial charge in [0.15, 0.2) is 5.76 Å². The summed E-state index contributed by atoms with van der Waals surface area (Å²) in [5.41, 5.74) is 2.78. The molecule has 1 aliphatic carbocycles. The second kappa shape index (κ2) is 11.2. The fourth-order valence-electron chi connectivity index (χ4n) is 4.56. The molecule has 1 aromatic heterocycles. The Labute approximate surface area is 209 Å². The maximum absolute atomic E-state index is 13.8. The minimum Gasteiger partial charge on any atom is -0.459 e. The SMILES string of the molecule is Cc1cccc(N(C(=O)CNC(=O)c2ccco2)[C@H](C(=O)NC2CCCC2)c2ccc(F)cc2)c1C. The minimum atomic E-state index is -1.06. The number of rotatable bonds is 8. The Morgan fingerprint density at radius 2 is 1.75 bits per heavy atom. The van der Waals surface area contributed by atoms with E-state index in [-0.39, 0.29) is 24.3 Å². The predicted octanol–water partition coefficient (Wildman–Crippen LogP) is 4.60. The summed E-state index contributed by atoms with van der Waals surface area (Å²) in [6.45, 7) is 3.44. The maximum Gasteiger partial charge on any atom is 0.287 e. The van der Waals surface area contributed by atoms with Crippen molar-refractivity contribution in [2.24, 2.45) is 0 Å². The molecule has 4 rings (SSSR count). The summed E-state index contributed by atoms with van der Waals surface area (Å²) in [7, 11) is 0. The van der Waals surface area contributed by atoms with E-state index < -0.39 is 23.7 Å². The van der Waals surface area contributed by atoms with E-state index in [1.165, 1.54) is 41.5 Å². The highest BCUT2D eigenvalue weighted by atomic mass is 19.1. The number of nitrogens with one attached hydrogen (secondary N) is 2. The smallest absolute Gasteiger partial charge is 0.287 e. The first-order chi connectivity index (χ1) is 17.3. The summed E-state index contributed by atoms with van der Waals surface area (Å²) in [6, 6.07) is 13.1. The molecule has 2 N–H and O–H groups in total. The van der Waals surface area contributed by atoms with Gasteiger partial charge in [-0.05, 0) is 73.7 Å². The Kier molecular flexibility index (Phi) is 7.83. The van der Waals surface area contributed by atoms with Crippen LogP contribution in [0.2, 0.25) is 0 Å². The lowest BCUT2D eigenvalue weighted by molar-refractivity contribution is -0.126. The zero-order chi connectivity index (χ0) is 25.7. The summed E-state index contributed by atoms with van der Waals surface area (Å²) in [6.07, 6.45) is 5.18. The van der Waals surface area contributed by atoms with Gasteiger partial charge in [0.05, 0.1) is 12.8 Å². The van der Waals surface area contributed by atoms with Crippen LogP contribution in [0.15, 0.2) is 65.3 Å². The third kappa shape index (κ3) is 5.64.